The van der Waals surface area contributed by atoms with Crippen LogP contribution in [-0.2, 0) is 6.54 Å². The largest absolute Gasteiger partial charge is 0.456 e. The summed E-state index contributed by atoms with van der Waals surface area (Å²) in [5.41, 5.74) is -2.88. The first kappa shape index (κ1) is 12.0. The van der Waals surface area contributed by atoms with Gasteiger partial charge in [0.2, 0.25) is 0 Å². The van der Waals surface area contributed by atoms with Crippen LogP contribution < -0.4 is 4.72 Å². The average molecular weight is 231 g/mol. The van der Waals surface area contributed by atoms with Crippen LogP contribution in [0.4, 0.5) is 13.2 Å². The van der Waals surface area contributed by atoms with E-state index < -0.39 is 5.51 Å². The predicted molar refractivity (Wildman–Crippen MR) is 54.9 cm³/mol. The van der Waals surface area contributed by atoms with Crippen LogP contribution in [0.5, 0.6) is 0 Å². The summed E-state index contributed by atoms with van der Waals surface area (Å²) < 4.78 is 37.5. The summed E-state index contributed by atoms with van der Waals surface area (Å²) in [6.45, 7) is 0.125. The van der Waals surface area contributed by atoms with Gasteiger partial charge >= 0.3 is 5.51 Å². The number of hydrogen-bond donors (Lipinski definition) is 1. The first-order valence-corrected chi connectivity index (χ1v) is 4.86. The SMILES string of the molecule is C#Cc1cccc(CNSC(F)(F)F)c1. The molecule has 0 heterocycles. The zero-order chi connectivity index (χ0) is 11.3. The van der Waals surface area contributed by atoms with E-state index >= 15 is 0 Å². The molecule has 1 aromatic rings. The summed E-state index contributed by atoms with van der Waals surface area (Å²) >= 11 is -0.260. The molecule has 0 aromatic heterocycles. The molecular formula is C10H8F3NS. The van der Waals surface area contributed by atoms with Crippen molar-refractivity contribution in [3.8, 4) is 12.3 Å². The van der Waals surface area contributed by atoms with Gasteiger partial charge in [0.25, 0.3) is 0 Å². The second-order valence-corrected chi connectivity index (χ2v) is 3.67. The van der Waals surface area contributed by atoms with E-state index in [9.17, 15) is 13.2 Å². The lowest BCUT2D eigenvalue weighted by Crippen LogP contribution is -2.12. The Balaban J connectivity index is 2.48. The maximum atomic E-state index is 11.8. The molecule has 15 heavy (non-hydrogen) atoms. The summed E-state index contributed by atoms with van der Waals surface area (Å²) in [6.07, 6.45) is 5.16. The number of halogens is 3. The van der Waals surface area contributed by atoms with E-state index in [1.807, 2.05) is 0 Å². The summed E-state index contributed by atoms with van der Waals surface area (Å²) in [5, 5.41) is 0. The third-order valence-corrected chi connectivity index (χ3v) is 2.08. The molecule has 0 aliphatic carbocycles. The van der Waals surface area contributed by atoms with Crippen LogP contribution in [0.3, 0.4) is 0 Å². The molecular weight excluding hydrogens is 223 g/mol. The van der Waals surface area contributed by atoms with E-state index in [-0.39, 0.29) is 18.5 Å². The highest BCUT2D eigenvalue weighted by molar-refractivity contribution is 7.98. The highest BCUT2D eigenvalue weighted by atomic mass is 32.2. The highest BCUT2D eigenvalue weighted by Gasteiger charge is 2.28. The lowest BCUT2D eigenvalue weighted by molar-refractivity contribution is -0.0336. The van der Waals surface area contributed by atoms with E-state index in [0.29, 0.717) is 5.56 Å². The van der Waals surface area contributed by atoms with Crippen LogP contribution in [0.1, 0.15) is 11.1 Å². The number of hydrogen-bond acceptors (Lipinski definition) is 2. The molecule has 0 aliphatic heterocycles. The van der Waals surface area contributed by atoms with Crippen LogP contribution >= 0.6 is 11.9 Å². The Morgan fingerprint density at radius 1 is 1.40 bits per heavy atom. The van der Waals surface area contributed by atoms with Gasteiger partial charge in [-0.15, -0.1) is 6.42 Å². The minimum absolute atomic E-state index is 0.125. The Morgan fingerprint density at radius 3 is 2.73 bits per heavy atom. The Morgan fingerprint density at radius 2 is 2.13 bits per heavy atom. The maximum Gasteiger partial charge on any atom is 0.456 e. The molecule has 1 nitrogen and oxygen atoms in total. The lowest BCUT2D eigenvalue weighted by Gasteiger charge is -2.06. The summed E-state index contributed by atoms with van der Waals surface area (Å²) in [4.78, 5) is 0. The normalized spacial score (nSPS) is 11.1. The standard InChI is InChI=1S/C10H8F3NS/c1-2-8-4-3-5-9(6-8)7-14-15-10(11,12)13/h1,3-6,14H,7H2. The molecule has 5 heteroatoms. The van der Waals surface area contributed by atoms with Gasteiger partial charge in [0.15, 0.2) is 0 Å². The van der Waals surface area contributed by atoms with Gasteiger partial charge in [-0.2, -0.15) is 13.2 Å². The minimum Gasteiger partial charge on any atom is -0.252 e. The maximum absolute atomic E-state index is 11.8. The molecule has 1 rings (SSSR count). The van der Waals surface area contributed by atoms with Crippen molar-refractivity contribution in [1.82, 2.24) is 4.72 Å². The molecule has 0 radical (unpaired) electrons. The Labute approximate surface area is 90.2 Å². The third kappa shape index (κ3) is 4.77. The highest BCUT2D eigenvalue weighted by Crippen LogP contribution is 2.27. The minimum atomic E-state index is -4.26. The van der Waals surface area contributed by atoms with Crippen molar-refractivity contribution in [1.29, 1.82) is 0 Å². The van der Waals surface area contributed by atoms with Crippen LogP contribution in [0, 0.1) is 12.3 Å². The summed E-state index contributed by atoms with van der Waals surface area (Å²) in [7, 11) is 0. The van der Waals surface area contributed by atoms with E-state index in [2.05, 4.69) is 10.6 Å². The van der Waals surface area contributed by atoms with Gasteiger partial charge in [-0.3, -0.25) is 4.72 Å². The quantitative estimate of drug-likeness (QED) is 0.634. The molecule has 0 bridgehead atoms. The van der Waals surface area contributed by atoms with E-state index in [1.54, 1.807) is 24.3 Å². The van der Waals surface area contributed by atoms with Gasteiger partial charge in [-0.25, -0.2) is 0 Å². The molecule has 0 saturated carbocycles. The Bertz CT molecular complexity index is 368. The molecule has 0 unspecified atom stereocenters. The van der Waals surface area contributed by atoms with Crippen molar-refractivity contribution in [3.05, 3.63) is 35.4 Å². The monoisotopic (exact) mass is 231 g/mol. The molecule has 0 spiro atoms. The second kappa shape index (κ2) is 5.10. The first-order chi connectivity index (χ1) is 7.01. The van der Waals surface area contributed by atoms with Crippen LogP contribution in [-0.4, -0.2) is 5.51 Å². The van der Waals surface area contributed by atoms with Crippen LogP contribution in [0.25, 0.3) is 0 Å². The van der Waals surface area contributed by atoms with Gasteiger partial charge in [0, 0.05) is 24.1 Å². The lowest BCUT2D eigenvalue weighted by atomic mass is 10.1. The number of alkyl halides is 3. The zero-order valence-corrected chi connectivity index (χ0v) is 8.45. The molecule has 0 aliphatic rings. The van der Waals surface area contributed by atoms with E-state index in [4.69, 9.17) is 6.42 Å². The number of terminal acetylenes is 1. The van der Waals surface area contributed by atoms with Crippen molar-refractivity contribution in [2.24, 2.45) is 0 Å². The van der Waals surface area contributed by atoms with Crippen molar-refractivity contribution in [2.75, 3.05) is 0 Å². The molecule has 0 fully saturated rings. The van der Waals surface area contributed by atoms with Gasteiger partial charge in [-0.1, -0.05) is 18.1 Å². The molecule has 0 saturated heterocycles. The topological polar surface area (TPSA) is 12.0 Å². The fourth-order valence-corrected chi connectivity index (χ4v) is 1.37. The van der Waals surface area contributed by atoms with Gasteiger partial charge in [0.05, 0.1) is 0 Å². The molecule has 1 aromatic carbocycles. The summed E-state index contributed by atoms with van der Waals surface area (Å²) in [5.74, 6) is 2.42. The molecule has 0 atom stereocenters. The van der Waals surface area contributed by atoms with Gasteiger partial charge < -0.3 is 0 Å². The zero-order valence-electron chi connectivity index (χ0n) is 7.64. The Hall–Kier alpha value is -1.12. The average Bonchev–Trinajstić information content (AvgIpc) is 2.16. The van der Waals surface area contributed by atoms with Crippen molar-refractivity contribution in [3.63, 3.8) is 0 Å². The summed E-state index contributed by atoms with van der Waals surface area (Å²) in [6, 6.07) is 6.82. The second-order valence-electron chi connectivity index (χ2n) is 2.71. The van der Waals surface area contributed by atoms with E-state index in [0.717, 1.165) is 5.56 Å². The first-order valence-electron chi connectivity index (χ1n) is 4.04. The predicted octanol–water partition coefficient (Wildman–Crippen LogP) is 2.93. The van der Waals surface area contributed by atoms with E-state index in [1.165, 1.54) is 0 Å². The number of nitrogens with one attached hydrogen (secondary N) is 1. The van der Waals surface area contributed by atoms with Gasteiger partial charge in [0.1, 0.15) is 0 Å². The molecule has 80 valence electrons. The number of rotatable bonds is 3. The van der Waals surface area contributed by atoms with Gasteiger partial charge in [-0.05, 0) is 17.7 Å². The van der Waals surface area contributed by atoms with Crippen molar-refractivity contribution in [2.45, 2.75) is 12.1 Å². The fourth-order valence-electron chi connectivity index (χ4n) is 0.972. The molecule has 0 amide bonds. The van der Waals surface area contributed by atoms with Crippen LogP contribution in [0.15, 0.2) is 24.3 Å². The van der Waals surface area contributed by atoms with Crippen LogP contribution in [0.2, 0.25) is 0 Å². The third-order valence-electron chi connectivity index (χ3n) is 1.56. The van der Waals surface area contributed by atoms with Crippen molar-refractivity contribution >= 4 is 11.9 Å². The fraction of sp³-hybridized carbons (Fsp3) is 0.200. The molecule has 1 N–H and O–H groups in total. The smallest absolute Gasteiger partial charge is 0.252 e. The number of benzene rings is 1. The van der Waals surface area contributed by atoms with Crippen molar-refractivity contribution < 1.29 is 13.2 Å². The Kier molecular flexibility index (Phi) is 4.06.